The van der Waals surface area contributed by atoms with Gasteiger partial charge in [-0.25, -0.2) is 10.0 Å². The molecule has 3 heterocycles. The van der Waals surface area contributed by atoms with E-state index in [0.717, 1.165) is 17.1 Å². The summed E-state index contributed by atoms with van der Waals surface area (Å²) in [5.41, 5.74) is 9.41. The van der Waals surface area contributed by atoms with E-state index >= 15 is 0 Å². The van der Waals surface area contributed by atoms with Gasteiger partial charge in [0, 0.05) is 45.3 Å². The van der Waals surface area contributed by atoms with Gasteiger partial charge < -0.3 is 4.90 Å². The highest BCUT2D eigenvalue weighted by Gasteiger charge is 2.30. The van der Waals surface area contributed by atoms with Gasteiger partial charge in [0.1, 0.15) is 0 Å². The van der Waals surface area contributed by atoms with E-state index in [2.05, 4.69) is 159 Å². The first-order valence-electron chi connectivity index (χ1n) is 15.5. The van der Waals surface area contributed by atoms with Crippen molar-refractivity contribution < 1.29 is 0 Å². The van der Waals surface area contributed by atoms with Crippen molar-refractivity contribution >= 4 is 70.3 Å². The molecule has 1 aliphatic rings. The average molecular weight is 642 g/mol. The van der Waals surface area contributed by atoms with Crippen molar-refractivity contribution in [2.45, 2.75) is 25.4 Å². The molecule has 0 spiro atoms. The van der Waals surface area contributed by atoms with Crippen LogP contribution in [-0.2, 0) is 5.75 Å². The number of pyridine rings is 2. The predicted molar refractivity (Wildman–Crippen MR) is 205 cm³/mol. The molecule has 1 atom stereocenters. The fourth-order valence-corrected chi connectivity index (χ4v) is 10.0. The molecule has 0 saturated heterocycles. The van der Waals surface area contributed by atoms with E-state index in [1.54, 1.807) is 0 Å². The van der Waals surface area contributed by atoms with Crippen LogP contribution >= 0.6 is 18.6 Å². The topological polar surface area (TPSA) is 29.0 Å². The second-order valence-electron chi connectivity index (χ2n) is 13.8. The molecule has 0 N–H and O–H groups in total. The monoisotopic (exact) mass is 641 g/mol. The van der Waals surface area contributed by atoms with E-state index < -0.39 is 18.1 Å². The zero-order chi connectivity index (χ0) is 31.3. The summed E-state index contributed by atoms with van der Waals surface area (Å²) >= 11 is 0. The van der Waals surface area contributed by atoms with E-state index in [1.807, 2.05) is 0 Å². The molecule has 7 rings (SSSR count). The van der Waals surface area contributed by atoms with E-state index in [-0.39, 0.29) is 0 Å². The summed E-state index contributed by atoms with van der Waals surface area (Å²) in [6, 6.07) is 37.8. The van der Waals surface area contributed by atoms with Gasteiger partial charge in [0.25, 0.3) is 0 Å². The van der Waals surface area contributed by atoms with Gasteiger partial charge in [-0.1, -0.05) is 101 Å². The maximum atomic E-state index is 5.06. The highest BCUT2D eigenvalue weighted by molar-refractivity contribution is 8.31. The first kappa shape index (κ1) is 29.9. The van der Waals surface area contributed by atoms with Crippen molar-refractivity contribution in [2.75, 3.05) is 23.7 Å². The zero-order valence-electron chi connectivity index (χ0n) is 26.9. The maximum absolute atomic E-state index is 5.06. The highest BCUT2D eigenvalue weighted by Crippen LogP contribution is 2.47. The summed E-state index contributed by atoms with van der Waals surface area (Å²) in [6.45, 7) is 7.13. The van der Waals surface area contributed by atoms with Crippen LogP contribution in [0.25, 0.3) is 33.3 Å². The van der Waals surface area contributed by atoms with Gasteiger partial charge in [-0.2, -0.15) is 0 Å². The van der Waals surface area contributed by atoms with E-state index in [4.69, 9.17) is 9.97 Å². The van der Waals surface area contributed by atoms with Crippen LogP contribution < -0.4 is 20.7 Å². The van der Waals surface area contributed by atoms with Gasteiger partial charge in [-0.15, -0.1) is 0 Å². The molecule has 2 aromatic heterocycles. The average Bonchev–Trinajstić information content (AvgIpc) is 3.02. The minimum Gasteiger partial charge on any atom is -0.309 e. The molecule has 1 unspecified atom stereocenters. The SMILES string of the molecule is C[Si](C)(C)c1ccc(-c2cccc3c2Pc2c(-c4ccc(CS(C)(C)C)cn4)cccc2N3c2cccc3ccccc23)nc1. The van der Waals surface area contributed by atoms with Crippen molar-refractivity contribution in [3.63, 3.8) is 0 Å². The normalized spacial score (nSPS) is 14.0. The fourth-order valence-electron chi connectivity index (χ4n) is 6.23. The van der Waals surface area contributed by atoms with E-state index in [0.29, 0.717) is 8.58 Å². The number of hydrogen-bond acceptors (Lipinski definition) is 3. The van der Waals surface area contributed by atoms with Gasteiger partial charge in [-0.05, 0) is 65.2 Å². The lowest BCUT2D eigenvalue weighted by molar-refractivity contribution is 1.25. The summed E-state index contributed by atoms with van der Waals surface area (Å²) in [5, 5.41) is 6.51. The molecular formula is C39H40N3PSSi. The molecule has 0 amide bonds. The molecule has 0 aliphatic carbocycles. The Morgan fingerprint density at radius 2 is 1.20 bits per heavy atom. The van der Waals surface area contributed by atoms with Crippen LogP contribution in [0.1, 0.15) is 5.56 Å². The molecule has 6 heteroatoms. The van der Waals surface area contributed by atoms with Crippen LogP contribution in [0, 0.1) is 0 Å². The van der Waals surface area contributed by atoms with Crippen LogP contribution in [0.5, 0.6) is 0 Å². The quantitative estimate of drug-likeness (QED) is 0.134. The third-order valence-electron chi connectivity index (χ3n) is 8.43. The Morgan fingerprint density at radius 3 is 1.78 bits per heavy atom. The smallest absolute Gasteiger partial charge is 0.0796 e. The van der Waals surface area contributed by atoms with E-state index in [9.17, 15) is 0 Å². The van der Waals surface area contributed by atoms with Gasteiger partial charge in [0.05, 0.1) is 36.5 Å². The second-order valence-corrected chi connectivity index (χ2v) is 24.6. The Morgan fingerprint density at radius 1 is 0.622 bits per heavy atom. The molecule has 3 nitrogen and oxygen atoms in total. The number of nitrogens with zero attached hydrogens (tertiary/aromatic N) is 3. The summed E-state index contributed by atoms with van der Waals surface area (Å²) in [4.78, 5) is 12.6. The molecule has 4 aromatic carbocycles. The van der Waals surface area contributed by atoms with Gasteiger partial charge in [-0.3, -0.25) is 9.97 Å². The van der Waals surface area contributed by atoms with Crippen molar-refractivity contribution in [1.29, 1.82) is 0 Å². The van der Waals surface area contributed by atoms with Crippen molar-refractivity contribution in [3.05, 3.63) is 121 Å². The van der Waals surface area contributed by atoms with Gasteiger partial charge >= 0.3 is 0 Å². The molecule has 0 fully saturated rings. The minimum absolute atomic E-state index is 0.466. The fraction of sp³-hybridized carbons (Fsp3) is 0.179. The second kappa shape index (κ2) is 11.5. The Labute approximate surface area is 271 Å². The Balaban J connectivity index is 1.43. The first-order valence-corrected chi connectivity index (χ1v) is 23.0. The third-order valence-corrected chi connectivity index (χ3v) is 13.2. The molecule has 0 bridgehead atoms. The molecule has 0 radical (unpaired) electrons. The first-order chi connectivity index (χ1) is 21.6. The minimum atomic E-state index is -1.45. The summed E-state index contributed by atoms with van der Waals surface area (Å²) in [7, 11) is -1.63. The number of anilines is 3. The predicted octanol–water partition coefficient (Wildman–Crippen LogP) is 9.12. The van der Waals surface area contributed by atoms with Crippen molar-refractivity contribution in [3.8, 4) is 22.5 Å². The van der Waals surface area contributed by atoms with Crippen LogP contribution in [-0.4, -0.2) is 36.8 Å². The lowest BCUT2D eigenvalue weighted by Crippen LogP contribution is -2.37. The van der Waals surface area contributed by atoms with Crippen LogP contribution in [0.4, 0.5) is 17.1 Å². The van der Waals surface area contributed by atoms with Gasteiger partial charge in [0.2, 0.25) is 0 Å². The molecule has 1 aliphatic heterocycles. The van der Waals surface area contributed by atoms with Crippen LogP contribution in [0.3, 0.4) is 0 Å². The standard InChI is InChI=1S/C39H40N3PSSi/c1-44(2,3)26-27-20-22-33(40-24-27)31-15-10-18-36-38(31)43-39-32(34-23-21-29(25-41-34)45(4,5)6)16-11-19-37(39)42(36)35-17-9-13-28-12-7-8-14-30(28)35/h7-25,43H,26H2,1-6H3. The lowest BCUT2D eigenvalue weighted by Gasteiger charge is -2.36. The Bertz CT molecular complexity index is 2020. The number of fused-ring (bicyclic) bond motifs is 3. The summed E-state index contributed by atoms with van der Waals surface area (Å²) < 4.78 is 0. The molecule has 0 saturated carbocycles. The lowest BCUT2D eigenvalue weighted by atomic mass is 10.0. The van der Waals surface area contributed by atoms with Crippen LogP contribution in [0.2, 0.25) is 19.6 Å². The zero-order valence-corrected chi connectivity index (χ0v) is 29.7. The number of aromatic nitrogens is 2. The molecule has 226 valence electrons. The summed E-state index contributed by atoms with van der Waals surface area (Å²) in [5.74, 6) is 1.09. The third kappa shape index (κ3) is 5.86. The van der Waals surface area contributed by atoms with Crippen molar-refractivity contribution in [2.24, 2.45) is 0 Å². The molecule has 6 aromatic rings. The van der Waals surface area contributed by atoms with E-state index in [1.165, 1.54) is 60.3 Å². The number of hydrogen-bond donors (Lipinski definition) is 0. The number of benzene rings is 4. The molecule has 45 heavy (non-hydrogen) atoms. The largest absolute Gasteiger partial charge is 0.309 e. The Hall–Kier alpha value is -3.76. The Kier molecular flexibility index (Phi) is 7.68. The highest BCUT2D eigenvalue weighted by atomic mass is 32.3. The number of rotatable bonds is 6. The van der Waals surface area contributed by atoms with Crippen LogP contribution in [0.15, 0.2) is 116 Å². The van der Waals surface area contributed by atoms with Gasteiger partial charge in [0.15, 0.2) is 0 Å². The summed E-state index contributed by atoms with van der Waals surface area (Å²) in [6.07, 6.45) is 11.3. The van der Waals surface area contributed by atoms with Crippen molar-refractivity contribution in [1.82, 2.24) is 9.97 Å². The maximum Gasteiger partial charge on any atom is 0.0796 e. The molecular weight excluding hydrogens is 602 g/mol.